The number of benzene rings is 3. The number of aliphatic hydroxyl groups excluding tert-OH is 1. The highest BCUT2D eigenvalue weighted by Crippen LogP contribution is 2.22. The second-order valence-electron chi connectivity index (χ2n) is 25.9. The Balaban J connectivity index is 1.30. The van der Waals surface area contributed by atoms with Gasteiger partial charge in [0.15, 0.2) is 0 Å². The number of amides is 13. The number of primary amides is 1. The molecule has 554 valence electrons. The van der Waals surface area contributed by atoms with Crippen LogP contribution in [0.5, 0.6) is 0 Å². The lowest BCUT2D eigenvalue weighted by molar-refractivity contribution is -0.143. The van der Waals surface area contributed by atoms with E-state index >= 15 is 0 Å². The fourth-order valence-electron chi connectivity index (χ4n) is 10.8. The number of thioether (sulfide) groups is 1. The predicted molar refractivity (Wildman–Crippen MR) is 379 cm³/mol. The minimum absolute atomic E-state index is 0.00121. The lowest BCUT2D eigenvalue weighted by atomic mass is 9.98. The van der Waals surface area contributed by atoms with Crippen molar-refractivity contribution in [2.45, 2.75) is 160 Å². The quantitative estimate of drug-likeness (QED) is 0.0205. The van der Waals surface area contributed by atoms with E-state index in [0.29, 0.717) is 50.7 Å². The van der Waals surface area contributed by atoms with E-state index in [9.17, 15) is 77.3 Å². The predicted octanol–water partition coefficient (Wildman–Crippen LogP) is -1.81. The second kappa shape index (κ2) is 40.1. The monoisotopic (exact) mass is 1440 g/mol. The first-order valence-electron chi connectivity index (χ1n) is 33.4. The van der Waals surface area contributed by atoms with Crippen LogP contribution in [0.1, 0.15) is 91.3 Å². The van der Waals surface area contributed by atoms with E-state index in [-0.39, 0.29) is 31.6 Å². The van der Waals surface area contributed by atoms with Crippen LogP contribution in [0.2, 0.25) is 0 Å². The molecule has 5 rings (SSSR count). The number of aliphatic carboxylic acids is 1. The molecule has 0 saturated carbocycles. The summed E-state index contributed by atoms with van der Waals surface area (Å²) in [5.74, 6) is -13.6. The molecule has 5 aromatic rings. The van der Waals surface area contributed by atoms with Crippen LogP contribution in [-0.4, -0.2) is 201 Å². The summed E-state index contributed by atoms with van der Waals surface area (Å²) in [6.45, 7) is 10.4. The zero-order chi connectivity index (χ0) is 75.5. The van der Waals surface area contributed by atoms with Crippen molar-refractivity contribution in [1.29, 1.82) is 0 Å². The fourth-order valence-corrected chi connectivity index (χ4v) is 11.2. The van der Waals surface area contributed by atoms with Crippen LogP contribution < -0.4 is 75.3 Å². The normalized spacial score (nSPS) is 14.5. The van der Waals surface area contributed by atoms with Gasteiger partial charge < -0.3 is 95.4 Å². The van der Waals surface area contributed by atoms with E-state index in [2.05, 4.69) is 73.8 Å². The van der Waals surface area contributed by atoms with Crippen molar-refractivity contribution < 1.29 is 77.3 Å². The van der Waals surface area contributed by atoms with Gasteiger partial charge in [0.25, 0.3) is 0 Å². The van der Waals surface area contributed by atoms with Gasteiger partial charge in [-0.1, -0.05) is 108 Å². The number of para-hydroxylation sites is 2. The molecule has 0 aliphatic heterocycles. The maximum atomic E-state index is 14.9. The summed E-state index contributed by atoms with van der Waals surface area (Å²) in [5, 5.41) is 52.0. The Labute approximate surface area is 594 Å². The number of hydrogen-bond donors (Lipinski definition) is 18. The number of aliphatic hydroxyl groups is 1. The highest BCUT2D eigenvalue weighted by Gasteiger charge is 2.36. The second-order valence-corrected chi connectivity index (χ2v) is 26.9. The molecule has 0 saturated heterocycles. The highest BCUT2D eigenvalue weighted by molar-refractivity contribution is 7.98. The molecule has 3 aromatic carbocycles. The van der Waals surface area contributed by atoms with Crippen LogP contribution in [0.3, 0.4) is 0 Å². The Kier molecular flexibility index (Phi) is 32.4. The Morgan fingerprint density at radius 2 is 0.892 bits per heavy atom. The molecule has 33 heteroatoms. The Morgan fingerprint density at radius 3 is 1.38 bits per heavy atom. The molecule has 0 bridgehead atoms. The van der Waals surface area contributed by atoms with Crippen LogP contribution in [0, 0.1) is 17.8 Å². The van der Waals surface area contributed by atoms with E-state index in [1.54, 1.807) is 133 Å². The molecule has 32 nitrogen and oxygen atoms in total. The van der Waals surface area contributed by atoms with Gasteiger partial charge in [0, 0.05) is 53.5 Å². The summed E-state index contributed by atoms with van der Waals surface area (Å²) in [4.78, 5) is 195. The Bertz CT molecular complexity index is 3770. The topological polar surface area (TPSA) is 507 Å². The number of fused-ring (bicyclic) bond motifs is 2. The first-order chi connectivity index (χ1) is 48.3. The van der Waals surface area contributed by atoms with E-state index < -0.39 is 187 Å². The number of nitrogens with two attached hydrogens (primary N) is 2. The molecule has 0 aliphatic rings. The number of rotatable bonds is 41. The zero-order valence-electron chi connectivity index (χ0n) is 58.5. The van der Waals surface area contributed by atoms with Crippen LogP contribution >= 0.6 is 11.8 Å². The first kappa shape index (κ1) is 82.3. The van der Waals surface area contributed by atoms with Crippen molar-refractivity contribution in [3.8, 4) is 0 Å². The van der Waals surface area contributed by atoms with Gasteiger partial charge in [0.2, 0.25) is 76.8 Å². The average molecular weight is 1440 g/mol. The average Bonchev–Trinajstić information content (AvgIpc) is 1.64. The molecule has 0 aliphatic carbocycles. The fraction of sp³-hybridized carbons (Fsp3) is 0.478. The molecule has 0 unspecified atom stereocenters. The van der Waals surface area contributed by atoms with E-state index in [1.807, 2.05) is 6.26 Å². The van der Waals surface area contributed by atoms with Gasteiger partial charge in [0.05, 0.1) is 38.2 Å². The number of aromatic amines is 2. The molecule has 2 aromatic heterocycles. The number of aromatic nitrogens is 2. The van der Waals surface area contributed by atoms with Gasteiger partial charge in [0.1, 0.15) is 54.4 Å². The summed E-state index contributed by atoms with van der Waals surface area (Å²) >= 11 is 1.50. The molecule has 0 radical (unpaired) electrons. The van der Waals surface area contributed by atoms with Crippen LogP contribution in [0.25, 0.3) is 21.8 Å². The van der Waals surface area contributed by atoms with Gasteiger partial charge in [-0.3, -0.25) is 62.3 Å². The lowest BCUT2D eigenvalue weighted by Gasteiger charge is -2.28. The number of H-pyrrole nitrogens is 2. The van der Waals surface area contributed by atoms with Crippen molar-refractivity contribution >= 4 is 116 Å². The van der Waals surface area contributed by atoms with Gasteiger partial charge in [-0.05, 0) is 85.3 Å². The van der Waals surface area contributed by atoms with Crippen molar-refractivity contribution in [2.24, 2.45) is 29.2 Å². The summed E-state index contributed by atoms with van der Waals surface area (Å²) in [7, 11) is 0. The summed E-state index contributed by atoms with van der Waals surface area (Å²) in [6.07, 6.45) is 2.75. The highest BCUT2D eigenvalue weighted by atomic mass is 32.2. The van der Waals surface area contributed by atoms with Crippen molar-refractivity contribution in [2.75, 3.05) is 31.6 Å². The Hall–Kier alpha value is -10.4. The number of carboxylic acid groups (broad SMARTS) is 1. The summed E-state index contributed by atoms with van der Waals surface area (Å²) in [6, 6.07) is 9.14. The minimum Gasteiger partial charge on any atom is -0.480 e. The van der Waals surface area contributed by atoms with Crippen molar-refractivity contribution in [3.63, 3.8) is 0 Å². The zero-order valence-corrected chi connectivity index (χ0v) is 59.3. The SMILES string of the molecule is CSCC[C@H](N)C(=O)N[C@@H](C)C(=O)N[C@H](C(=O)NCC(=O)N[C@H](C(=O)N[C@@H](Cc1ccccc1)C(=O)NCC(=O)N[C@H](C(=O)N[C@@H](Cc1c[nH]c2ccccc12)C(=O)N[C@@H](CC(C)C)C(=O)N[C@@H](Cc1c[nH]c2ccccc12)C(=O)NCC(=O)N[C@@H](CC(N)=O)C(=O)O)C(C)C)[C@@H](C)O)C(C)C. The Morgan fingerprint density at radius 1 is 0.461 bits per heavy atom. The van der Waals surface area contributed by atoms with E-state index in [0.717, 1.165) is 0 Å². The number of carboxylic acids is 1. The molecule has 0 spiro atoms. The standard InChI is InChI=1S/C69H96N16O16S/c1-35(2)25-48(64(95)80-50(27-41-30-72-46-21-15-13-19-43(41)46)63(94)74-32-54(88)78-52(69(100)101)29-53(71)87)79-65(96)51(28-42-31-73-47-22-16-14-20-44(42)47)82-67(98)58(37(5)6)83-55(89)33-75-62(93)49(26-40-17-11-10-12-18-40)81-68(99)59(39(8)86)84-56(90)34-76-66(97)57(36(3)4)85-60(91)38(7)77-61(92)45(70)23-24-102-9/h10-22,30-31,35-39,45,48-52,57-59,72-73,86H,23-29,32-34,70H2,1-9H3,(H2,71,87)(H,74,94)(H,75,93)(H,76,97)(H,77,92)(H,78,88)(H,79,96)(H,80,95)(H,81,99)(H,82,98)(H,83,89)(H,84,90)(H,85,91)(H,100,101)/t38-,39+,45-,48-,49-,50-,51-,52-,57-,58-,59-/m0/s1. The van der Waals surface area contributed by atoms with Gasteiger partial charge in [-0.15, -0.1) is 0 Å². The maximum Gasteiger partial charge on any atom is 0.326 e. The molecule has 102 heavy (non-hydrogen) atoms. The van der Waals surface area contributed by atoms with Crippen LogP contribution in [-0.2, 0) is 86.4 Å². The van der Waals surface area contributed by atoms with E-state index in [4.69, 9.17) is 11.5 Å². The molecule has 11 atom stereocenters. The molecule has 0 fully saturated rings. The molecule has 20 N–H and O–H groups in total. The lowest BCUT2D eigenvalue weighted by Crippen LogP contribution is -2.60. The van der Waals surface area contributed by atoms with Crippen LogP contribution in [0.4, 0.5) is 0 Å². The van der Waals surface area contributed by atoms with Crippen molar-refractivity contribution in [3.05, 3.63) is 108 Å². The minimum atomic E-state index is -1.70. The van der Waals surface area contributed by atoms with E-state index in [1.165, 1.54) is 25.6 Å². The third-order valence-electron chi connectivity index (χ3n) is 16.3. The smallest absolute Gasteiger partial charge is 0.326 e. The molecular weight excluding hydrogens is 1340 g/mol. The van der Waals surface area contributed by atoms with Crippen LogP contribution in [0.15, 0.2) is 91.3 Å². The maximum absolute atomic E-state index is 14.9. The number of nitrogens with one attached hydrogen (secondary N) is 14. The summed E-state index contributed by atoms with van der Waals surface area (Å²) in [5.41, 5.74) is 14.2. The van der Waals surface area contributed by atoms with Gasteiger partial charge in [-0.25, -0.2) is 4.79 Å². The number of carbonyl (C=O) groups excluding carboxylic acids is 13. The largest absolute Gasteiger partial charge is 0.480 e. The number of carbonyl (C=O) groups is 14. The first-order valence-corrected chi connectivity index (χ1v) is 34.8. The molecule has 13 amide bonds. The third kappa shape index (κ3) is 26.0. The van der Waals surface area contributed by atoms with Gasteiger partial charge >= 0.3 is 5.97 Å². The van der Waals surface area contributed by atoms with Crippen molar-refractivity contribution in [1.82, 2.24) is 73.8 Å². The summed E-state index contributed by atoms with van der Waals surface area (Å²) < 4.78 is 0. The van der Waals surface area contributed by atoms with Gasteiger partial charge in [-0.2, -0.15) is 11.8 Å². The number of hydrogen-bond acceptors (Lipinski definition) is 17. The third-order valence-corrected chi connectivity index (χ3v) is 17.0. The molecule has 2 heterocycles. The molecular formula is C69H96N16O16S.